The Morgan fingerprint density at radius 1 is 0.968 bits per heavy atom. The molecule has 6 nitrogen and oxygen atoms in total. The number of aromatic nitrogens is 2. The van der Waals surface area contributed by atoms with E-state index >= 15 is 0 Å². The number of carbonyl (C=O) groups excluding carboxylic acids is 1. The Hall–Kier alpha value is -2.84. The molecular formula is C22H26F3N5O. The first kappa shape index (κ1) is 21.4. The molecule has 1 aromatic heterocycles. The van der Waals surface area contributed by atoms with Crippen LogP contribution in [0.15, 0.2) is 36.4 Å². The molecule has 2 aliphatic heterocycles. The van der Waals surface area contributed by atoms with E-state index in [1.165, 1.54) is 18.6 Å². The first-order valence-corrected chi connectivity index (χ1v) is 10.6. The van der Waals surface area contributed by atoms with Crippen molar-refractivity contribution in [1.29, 1.82) is 0 Å². The third kappa shape index (κ3) is 4.75. The average molecular weight is 433 g/mol. The minimum Gasteiger partial charge on any atom is -0.352 e. The zero-order valence-electron chi connectivity index (χ0n) is 17.5. The molecule has 2 saturated heterocycles. The summed E-state index contributed by atoms with van der Waals surface area (Å²) in [4.78, 5) is 18.6. The summed E-state index contributed by atoms with van der Waals surface area (Å²) < 4.78 is 38.8. The molecule has 1 aromatic carbocycles. The zero-order chi connectivity index (χ0) is 22.0. The molecule has 2 aliphatic rings. The van der Waals surface area contributed by atoms with Crippen molar-refractivity contribution < 1.29 is 18.0 Å². The number of carbonyl (C=O) groups is 1. The molecule has 1 amide bonds. The number of hydrogen-bond acceptors (Lipinski definition) is 5. The molecule has 166 valence electrons. The van der Waals surface area contributed by atoms with E-state index in [1.54, 1.807) is 4.90 Å². The zero-order valence-corrected chi connectivity index (χ0v) is 17.5. The van der Waals surface area contributed by atoms with Gasteiger partial charge in [0.25, 0.3) is 5.91 Å². The van der Waals surface area contributed by atoms with E-state index in [0.29, 0.717) is 32.2 Å². The Labute approximate surface area is 179 Å². The summed E-state index contributed by atoms with van der Waals surface area (Å²) in [6.45, 7) is 5.14. The van der Waals surface area contributed by atoms with Crippen LogP contribution in [0.5, 0.6) is 0 Å². The molecule has 0 N–H and O–H groups in total. The lowest BCUT2D eigenvalue weighted by Crippen LogP contribution is -2.49. The fraction of sp³-hybridized carbons (Fsp3) is 0.500. The Balaban J connectivity index is 1.37. The van der Waals surface area contributed by atoms with E-state index in [4.69, 9.17) is 0 Å². The van der Waals surface area contributed by atoms with Gasteiger partial charge in [0.05, 0.1) is 5.56 Å². The second-order valence-electron chi connectivity index (χ2n) is 8.15. The third-order valence-corrected chi connectivity index (χ3v) is 6.06. The molecule has 9 heteroatoms. The van der Waals surface area contributed by atoms with Crippen LogP contribution in [-0.2, 0) is 6.18 Å². The number of piperidine rings is 1. The molecule has 2 fully saturated rings. The van der Waals surface area contributed by atoms with E-state index in [9.17, 15) is 18.0 Å². The smallest absolute Gasteiger partial charge is 0.352 e. The largest absolute Gasteiger partial charge is 0.416 e. The van der Waals surface area contributed by atoms with E-state index in [2.05, 4.69) is 22.0 Å². The molecule has 0 bridgehead atoms. The van der Waals surface area contributed by atoms with Crippen molar-refractivity contribution in [3.8, 4) is 0 Å². The third-order valence-electron chi connectivity index (χ3n) is 6.06. The quantitative estimate of drug-likeness (QED) is 0.736. The molecule has 0 radical (unpaired) electrons. The first-order chi connectivity index (χ1) is 14.8. The van der Waals surface area contributed by atoms with Gasteiger partial charge in [0.1, 0.15) is 0 Å². The Morgan fingerprint density at radius 3 is 2.32 bits per heavy atom. The molecular weight excluding hydrogens is 407 g/mol. The molecule has 0 aliphatic carbocycles. The number of rotatable bonds is 3. The number of piperazine rings is 1. The van der Waals surface area contributed by atoms with Gasteiger partial charge < -0.3 is 14.7 Å². The standard InChI is InChI=1S/C22H26F3N5O/c1-16-5-2-3-10-30(16)20-9-8-19(26-27-20)28-11-13-29(14-12-28)21(31)17-6-4-7-18(15-17)22(23,24)25/h4,6-9,15-16H,2-3,5,10-14H2,1H3. The molecule has 31 heavy (non-hydrogen) atoms. The maximum atomic E-state index is 12.9. The van der Waals surface area contributed by atoms with Crippen LogP contribution in [0.3, 0.4) is 0 Å². The van der Waals surface area contributed by atoms with Gasteiger partial charge in [-0.05, 0) is 56.5 Å². The van der Waals surface area contributed by atoms with E-state index in [1.807, 2.05) is 17.0 Å². The first-order valence-electron chi connectivity index (χ1n) is 10.6. The second kappa shape index (κ2) is 8.72. The van der Waals surface area contributed by atoms with Gasteiger partial charge in [-0.25, -0.2) is 0 Å². The minimum atomic E-state index is -4.47. The van der Waals surface area contributed by atoms with Crippen LogP contribution in [0.4, 0.5) is 24.8 Å². The SMILES string of the molecule is CC1CCCCN1c1ccc(N2CCN(C(=O)c3cccc(C(F)(F)F)c3)CC2)nn1. The summed E-state index contributed by atoms with van der Waals surface area (Å²) in [7, 11) is 0. The monoisotopic (exact) mass is 433 g/mol. The molecule has 2 aromatic rings. The second-order valence-corrected chi connectivity index (χ2v) is 8.15. The number of benzene rings is 1. The maximum absolute atomic E-state index is 12.9. The van der Waals surface area contributed by atoms with E-state index in [0.717, 1.165) is 43.2 Å². The maximum Gasteiger partial charge on any atom is 0.416 e. The van der Waals surface area contributed by atoms with Crippen LogP contribution in [0, 0.1) is 0 Å². The predicted molar refractivity (Wildman–Crippen MR) is 112 cm³/mol. The van der Waals surface area contributed by atoms with Gasteiger partial charge in [-0.3, -0.25) is 4.79 Å². The highest BCUT2D eigenvalue weighted by Gasteiger charge is 2.32. The molecule has 0 spiro atoms. The summed E-state index contributed by atoms with van der Waals surface area (Å²) in [6.07, 6.45) is -0.903. The van der Waals surface area contributed by atoms with Crippen LogP contribution in [0.25, 0.3) is 0 Å². The van der Waals surface area contributed by atoms with Gasteiger partial charge in [0.15, 0.2) is 11.6 Å². The van der Waals surface area contributed by atoms with Crippen molar-refractivity contribution >= 4 is 17.5 Å². The van der Waals surface area contributed by atoms with E-state index in [-0.39, 0.29) is 11.5 Å². The Bertz CT molecular complexity index is 910. The number of hydrogen-bond donors (Lipinski definition) is 0. The number of alkyl halides is 3. The van der Waals surface area contributed by atoms with Crippen molar-refractivity contribution in [2.45, 2.75) is 38.4 Å². The van der Waals surface area contributed by atoms with Gasteiger partial charge in [0, 0.05) is 44.3 Å². The summed E-state index contributed by atoms with van der Waals surface area (Å²) in [6, 6.07) is 8.99. The Kier molecular flexibility index (Phi) is 6.02. The van der Waals surface area contributed by atoms with Crippen molar-refractivity contribution in [1.82, 2.24) is 15.1 Å². The topological polar surface area (TPSA) is 52.6 Å². The molecule has 1 atom stereocenters. The lowest BCUT2D eigenvalue weighted by molar-refractivity contribution is -0.137. The number of anilines is 2. The summed E-state index contributed by atoms with van der Waals surface area (Å²) in [5, 5.41) is 8.79. The van der Waals surface area contributed by atoms with Gasteiger partial charge >= 0.3 is 6.18 Å². The van der Waals surface area contributed by atoms with Crippen molar-refractivity contribution in [2.75, 3.05) is 42.5 Å². The van der Waals surface area contributed by atoms with Crippen LogP contribution < -0.4 is 9.80 Å². The normalized spacial score (nSPS) is 20.1. The fourth-order valence-corrected chi connectivity index (χ4v) is 4.23. The van der Waals surface area contributed by atoms with Gasteiger partial charge in [-0.1, -0.05) is 6.07 Å². The lowest BCUT2D eigenvalue weighted by atomic mass is 10.0. The highest BCUT2D eigenvalue weighted by Crippen LogP contribution is 2.30. The predicted octanol–water partition coefficient (Wildman–Crippen LogP) is 3.84. The van der Waals surface area contributed by atoms with Gasteiger partial charge in [0.2, 0.25) is 0 Å². The van der Waals surface area contributed by atoms with Crippen molar-refractivity contribution in [3.05, 3.63) is 47.5 Å². The summed E-state index contributed by atoms with van der Waals surface area (Å²) >= 11 is 0. The number of halogens is 3. The van der Waals surface area contributed by atoms with E-state index < -0.39 is 11.7 Å². The average Bonchev–Trinajstić information content (AvgIpc) is 2.79. The molecule has 0 saturated carbocycles. The van der Waals surface area contributed by atoms with Gasteiger partial charge in [-0.15, -0.1) is 10.2 Å². The van der Waals surface area contributed by atoms with Crippen molar-refractivity contribution in [3.63, 3.8) is 0 Å². The van der Waals surface area contributed by atoms with Crippen LogP contribution in [0.2, 0.25) is 0 Å². The number of nitrogens with zero attached hydrogens (tertiary/aromatic N) is 5. The summed E-state index contributed by atoms with van der Waals surface area (Å²) in [5.74, 6) is 1.25. The highest BCUT2D eigenvalue weighted by molar-refractivity contribution is 5.94. The summed E-state index contributed by atoms with van der Waals surface area (Å²) in [5.41, 5.74) is -0.751. The molecule has 1 unspecified atom stereocenters. The van der Waals surface area contributed by atoms with Gasteiger partial charge in [-0.2, -0.15) is 13.2 Å². The molecule has 4 rings (SSSR count). The van der Waals surface area contributed by atoms with Crippen LogP contribution >= 0.6 is 0 Å². The van der Waals surface area contributed by atoms with Crippen LogP contribution in [0.1, 0.15) is 42.1 Å². The van der Waals surface area contributed by atoms with Crippen LogP contribution in [-0.4, -0.2) is 59.8 Å². The highest BCUT2D eigenvalue weighted by atomic mass is 19.4. The van der Waals surface area contributed by atoms with Crippen molar-refractivity contribution in [2.24, 2.45) is 0 Å². The molecule has 3 heterocycles. The number of amides is 1. The fourth-order valence-electron chi connectivity index (χ4n) is 4.23. The minimum absolute atomic E-state index is 0.0584. The Morgan fingerprint density at radius 2 is 1.68 bits per heavy atom. The lowest BCUT2D eigenvalue weighted by Gasteiger charge is -2.36.